The minimum Gasteiger partial charge on any atom is -0.296 e. The third kappa shape index (κ3) is 6.62. The second-order valence-electron chi connectivity index (χ2n) is 5.07. The molecule has 20 heavy (non-hydrogen) atoms. The SMILES string of the molecule is CCC(C)N(CCCC(F)(F)F)Cc1ccc(Cl)cc1. The van der Waals surface area contributed by atoms with E-state index in [1.807, 2.05) is 26.0 Å². The maximum absolute atomic E-state index is 12.2. The molecule has 0 aromatic heterocycles. The standard InChI is InChI=1S/C15H21ClF3N/c1-3-12(2)20(10-4-9-15(17,18)19)11-13-5-7-14(16)8-6-13/h5-8,12H,3-4,9-11H2,1-2H3. The molecule has 1 aromatic rings. The lowest BCUT2D eigenvalue weighted by molar-refractivity contribution is -0.136. The first-order valence-corrected chi connectivity index (χ1v) is 7.25. The monoisotopic (exact) mass is 307 g/mol. The predicted molar refractivity (Wildman–Crippen MR) is 76.9 cm³/mol. The highest BCUT2D eigenvalue weighted by molar-refractivity contribution is 6.30. The second kappa shape index (κ2) is 7.89. The minimum atomic E-state index is -4.07. The number of alkyl halides is 3. The molecule has 0 saturated carbocycles. The summed E-state index contributed by atoms with van der Waals surface area (Å²) in [4.78, 5) is 2.09. The van der Waals surface area contributed by atoms with E-state index in [-0.39, 0.29) is 12.5 Å². The number of rotatable bonds is 7. The van der Waals surface area contributed by atoms with Crippen LogP contribution in [0.25, 0.3) is 0 Å². The quantitative estimate of drug-likeness (QED) is 0.662. The van der Waals surface area contributed by atoms with Crippen molar-refractivity contribution < 1.29 is 13.2 Å². The van der Waals surface area contributed by atoms with Crippen LogP contribution in [0, 0.1) is 0 Å². The van der Waals surface area contributed by atoms with Gasteiger partial charge in [-0.05, 0) is 44.0 Å². The van der Waals surface area contributed by atoms with Gasteiger partial charge in [0.15, 0.2) is 0 Å². The van der Waals surface area contributed by atoms with Gasteiger partial charge in [-0.1, -0.05) is 30.7 Å². The largest absolute Gasteiger partial charge is 0.389 e. The lowest BCUT2D eigenvalue weighted by Crippen LogP contribution is -2.33. The Hall–Kier alpha value is -0.740. The van der Waals surface area contributed by atoms with E-state index in [0.717, 1.165) is 12.0 Å². The van der Waals surface area contributed by atoms with Crippen LogP contribution in [0.5, 0.6) is 0 Å². The van der Waals surface area contributed by atoms with Gasteiger partial charge < -0.3 is 0 Å². The van der Waals surface area contributed by atoms with Crippen molar-refractivity contribution >= 4 is 11.6 Å². The molecular formula is C15H21ClF3N. The van der Waals surface area contributed by atoms with Gasteiger partial charge in [-0.25, -0.2) is 0 Å². The summed E-state index contributed by atoms with van der Waals surface area (Å²) in [5.41, 5.74) is 1.07. The molecule has 0 N–H and O–H groups in total. The Balaban J connectivity index is 2.58. The Labute approximate surface area is 123 Å². The van der Waals surface area contributed by atoms with Crippen molar-refractivity contribution in [3.8, 4) is 0 Å². The maximum atomic E-state index is 12.2. The molecule has 0 spiro atoms. The maximum Gasteiger partial charge on any atom is 0.389 e. The minimum absolute atomic E-state index is 0.140. The fourth-order valence-electron chi connectivity index (χ4n) is 2.02. The van der Waals surface area contributed by atoms with Crippen molar-refractivity contribution in [3.63, 3.8) is 0 Å². The molecule has 0 aliphatic rings. The first kappa shape index (κ1) is 17.3. The van der Waals surface area contributed by atoms with Gasteiger partial charge in [0.2, 0.25) is 0 Å². The third-order valence-electron chi connectivity index (χ3n) is 3.42. The van der Waals surface area contributed by atoms with Crippen LogP contribution in [0.2, 0.25) is 5.02 Å². The van der Waals surface area contributed by atoms with Crippen LogP contribution in [0.1, 0.15) is 38.7 Å². The zero-order valence-electron chi connectivity index (χ0n) is 11.9. The van der Waals surface area contributed by atoms with Gasteiger partial charge in [-0.2, -0.15) is 13.2 Å². The molecule has 0 saturated heterocycles. The van der Waals surface area contributed by atoms with Crippen LogP contribution in [0.3, 0.4) is 0 Å². The van der Waals surface area contributed by atoms with Gasteiger partial charge >= 0.3 is 6.18 Å². The molecule has 1 rings (SSSR count). The first-order chi connectivity index (χ1) is 9.31. The Morgan fingerprint density at radius 1 is 1.20 bits per heavy atom. The van der Waals surface area contributed by atoms with Crippen molar-refractivity contribution in [3.05, 3.63) is 34.9 Å². The van der Waals surface area contributed by atoms with E-state index in [0.29, 0.717) is 18.1 Å². The zero-order chi connectivity index (χ0) is 15.2. The van der Waals surface area contributed by atoms with Crippen LogP contribution in [0.4, 0.5) is 13.2 Å². The molecule has 0 aliphatic heterocycles. The molecule has 0 bridgehead atoms. The molecule has 0 fully saturated rings. The lowest BCUT2D eigenvalue weighted by Gasteiger charge is -2.28. The Kier molecular flexibility index (Phi) is 6.83. The molecule has 114 valence electrons. The van der Waals surface area contributed by atoms with Crippen LogP contribution in [-0.2, 0) is 6.54 Å². The summed E-state index contributed by atoms with van der Waals surface area (Å²) in [6.45, 7) is 5.20. The summed E-state index contributed by atoms with van der Waals surface area (Å²) in [7, 11) is 0. The normalized spacial score (nSPS) is 13.8. The van der Waals surface area contributed by atoms with Crippen LogP contribution >= 0.6 is 11.6 Å². The Morgan fingerprint density at radius 2 is 1.80 bits per heavy atom. The smallest absolute Gasteiger partial charge is 0.296 e. The fourth-order valence-corrected chi connectivity index (χ4v) is 2.15. The van der Waals surface area contributed by atoms with Crippen molar-refractivity contribution in [1.82, 2.24) is 4.90 Å². The predicted octanol–water partition coefficient (Wildman–Crippen LogP) is 5.28. The first-order valence-electron chi connectivity index (χ1n) is 6.87. The van der Waals surface area contributed by atoms with Gasteiger partial charge in [0.1, 0.15) is 0 Å². The van der Waals surface area contributed by atoms with E-state index in [2.05, 4.69) is 4.90 Å². The van der Waals surface area contributed by atoms with Crippen molar-refractivity contribution in [2.45, 2.75) is 51.9 Å². The summed E-state index contributed by atoms with van der Waals surface area (Å²) >= 11 is 5.83. The summed E-state index contributed by atoms with van der Waals surface area (Å²) in [5, 5.41) is 0.668. The van der Waals surface area contributed by atoms with Crippen LogP contribution in [-0.4, -0.2) is 23.7 Å². The van der Waals surface area contributed by atoms with E-state index >= 15 is 0 Å². The number of hydrogen-bond donors (Lipinski definition) is 0. The lowest BCUT2D eigenvalue weighted by atomic mass is 10.1. The summed E-state index contributed by atoms with van der Waals surface area (Å²) < 4.78 is 36.7. The molecule has 1 unspecified atom stereocenters. The fraction of sp³-hybridized carbons (Fsp3) is 0.600. The molecule has 1 atom stereocenters. The van der Waals surface area contributed by atoms with Gasteiger partial charge in [-0.3, -0.25) is 4.90 Å². The number of benzene rings is 1. The van der Waals surface area contributed by atoms with Gasteiger partial charge in [0, 0.05) is 24.0 Å². The number of hydrogen-bond acceptors (Lipinski definition) is 1. The van der Waals surface area contributed by atoms with Gasteiger partial charge in [0.25, 0.3) is 0 Å². The molecule has 0 amide bonds. The van der Waals surface area contributed by atoms with Crippen molar-refractivity contribution in [2.24, 2.45) is 0 Å². The average molecular weight is 308 g/mol. The van der Waals surface area contributed by atoms with Gasteiger partial charge in [0.05, 0.1) is 0 Å². The average Bonchev–Trinajstić information content (AvgIpc) is 2.37. The molecular weight excluding hydrogens is 287 g/mol. The summed E-state index contributed by atoms with van der Waals surface area (Å²) in [6, 6.07) is 7.71. The highest BCUT2D eigenvalue weighted by Gasteiger charge is 2.26. The molecule has 0 aliphatic carbocycles. The van der Waals surface area contributed by atoms with E-state index in [9.17, 15) is 13.2 Å². The zero-order valence-corrected chi connectivity index (χ0v) is 12.6. The molecule has 0 radical (unpaired) electrons. The van der Waals surface area contributed by atoms with E-state index < -0.39 is 12.6 Å². The number of halogens is 4. The second-order valence-corrected chi connectivity index (χ2v) is 5.51. The molecule has 1 aromatic carbocycles. The highest BCUT2D eigenvalue weighted by atomic mass is 35.5. The van der Waals surface area contributed by atoms with Gasteiger partial charge in [-0.15, -0.1) is 0 Å². The molecule has 5 heteroatoms. The van der Waals surface area contributed by atoms with Crippen molar-refractivity contribution in [2.75, 3.05) is 6.54 Å². The molecule has 0 heterocycles. The third-order valence-corrected chi connectivity index (χ3v) is 3.67. The summed E-state index contributed by atoms with van der Waals surface area (Å²) in [6.07, 6.45) is -3.73. The topological polar surface area (TPSA) is 3.24 Å². The van der Waals surface area contributed by atoms with Crippen LogP contribution in [0.15, 0.2) is 24.3 Å². The van der Waals surface area contributed by atoms with E-state index in [1.54, 1.807) is 12.1 Å². The summed E-state index contributed by atoms with van der Waals surface area (Å²) in [5.74, 6) is 0. The van der Waals surface area contributed by atoms with E-state index in [4.69, 9.17) is 11.6 Å². The number of nitrogens with zero attached hydrogens (tertiary/aromatic N) is 1. The highest BCUT2D eigenvalue weighted by Crippen LogP contribution is 2.22. The Bertz CT molecular complexity index is 389. The Morgan fingerprint density at radius 3 is 2.30 bits per heavy atom. The van der Waals surface area contributed by atoms with E-state index in [1.165, 1.54) is 0 Å². The van der Waals surface area contributed by atoms with Crippen LogP contribution < -0.4 is 0 Å². The van der Waals surface area contributed by atoms with Crippen molar-refractivity contribution in [1.29, 1.82) is 0 Å². The molecule has 1 nitrogen and oxygen atoms in total.